The van der Waals surface area contributed by atoms with Gasteiger partial charge in [-0.2, -0.15) is 12.6 Å². The molecule has 0 aliphatic rings. The standard InChI is InChI=1S/C12H21N2O8PS/c1-12(2,5-15)8(16)10(18)13-3-7(23(21)22)9(17)14-6(4-24)11(19)20/h6-8,15-16,24H,3-5H2,1-2H3,(H,13,18)(H,14,17)(H,19,20)/t6?,7-,8+/m1/s1. The number of aliphatic carboxylic acids is 1. The number of rotatable bonds is 10. The molecule has 2 amide bonds. The minimum absolute atomic E-state index is 0.251. The van der Waals surface area contributed by atoms with Crippen molar-refractivity contribution in [3.63, 3.8) is 0 Å². The van der Waals surface area contributed by atoms with E-state index in [0.717, 1.165) is 0 Å². The smallest absolute Gasteiger partial charge is 0.327 e. The second-order valence-electron chi connectivity index (χ2n) is 5.68. The van der Waals surface area contributed by atoms with Crippen LogP contribution in [-0.4, -0.2) is 69.8 Å². The van der Waals surface area contributed by atoms with Crippen molar-refractivity contribution in [3.05, 3.63) is 0 Å². The molecule has 0 aromatic heterocycles. The summed E-state index contributed by atoms with van der Waals surface area (Å²) in [5.74, 6) is -3.71. The Kier molecular flexibility index (Phi) is 9.38. The zero-order valence-corrected chi connectivity index (χ0v) is 14.9. The summed E-state index contributed by atoms with van der Waals surface area (Å²) in [6.45, 7) is 1.68. The summed E-state index contributed by atoms with van der Waals surface area (Å²) in [6.07, 6.45) is -1.63. The first-order chi connectivity index (χ1) is 11.0. The highest BCUT2D eigenvalue weighted by atomic mass is 32.1. The van der Waals surface area contributed by atoms with Gasteiger partial charge in [0, 0.05) is 11.2 Å². The van der Waals surface area contributed by atoms with Crippen molar-refractivity contribution >= 4 is 38.4 Å². The van der Waals surface area contributed by atoms with Crippen LogP contribution in [-0.2, 0) is 18.9 Å². The maximum atomic E-state index is 11.8. The van der Waals surface area contributed by atoms with Crippen LogP contribution in [0.3, 0.4) is 0 Å². The molecule has 0 fully saturated rings. The molecule has 24 heavy (non-hydrogen) atoms. The minimum Gasteiger partial charge on any atom is -0.595 e. The molecule has 0 heterocycles. The van der Waals surface area contributed by atoms with Gasteiger partial charge in [0.05, 0.1) is 13.2 Å². The monoisotopic (exact) mass is 384 g/mol. The first kappa shape index (κ1) is 22.7. The van der Waals surface area contributed by atoms with E-state index in [1.165, 1.54) is 13.8 Å². The van der Waals surface area contributed by atoms with E-state index in [-0.39, 0.29) is 5.75 Å². The number of carboxylic acid groups (broad SMARTS) is 1. The summed E-state index contributed by atoms with van der Waals surface area (Å²) >= 11 is 3.73. The van der Waals surface area contributed by atoms with Gasteiger partial charge in [0.25, 0.3) is 5.91 Å². The lowest BCUT2D eigenvalue weighted by Crippen LogP contribution is -2.51. The summed E-state index contributed by atoms with van der Waals surface area (Å²) in [5.41, 5.74) is -2.88. The fourth-order valence-electron chi connectivity index (χ4n) is 1.45. The second kappa shape index (κ2) is 9.90. The van der Waals surface area contributed by atoms with E-state index >= 15 is 0 Å². The molecule has 0 aromatic rings. The molecule has 0 spiro atoms. The molecule has 138 valence electrons. The molecule has 10 nitrogen and oxygen atoms in total. The maximum absolute atomic E-state index is 11.8. The van der Waals surface area contributed by atoms with Crippen molar-refractivity contribution in [2.75, 3.05) is 18.9 Å². The van der Waals surface area contributed by atoms with E-state index in [2.05, 4.69) is 17.9 Å². The molecular weight excluding hydrogens is 363 g/mol. The molecule has 0 aromatic carbocycles. The fourth-order valence-corrected chi connectivity index (χ4v) is 2.21. The molecule has 0 aliphatic carbocycles. The SMILES string of the molecule is CC(C)(CO)[C@@H](O)C(=O)NC[C@H](C(=O)NC(CS)C(=O)O)[P+](=O)[O-]. The van der Waals surface area contributed by atoms with Gasteiger partial charge in [-0.3, -0.25) is 9.59 Å². The predicted molar refractivity (Wildman–Crippen MR) is 84.7 cm³/mol. The van der Waals surface area contributed by atoms with Crippen molar-refractivity contribution in [1.82, 2.24) is 10.6 Å². The minimum atomic E-state index is -3.32. The van der Waals surface area contributed by atoms with Gasteiger partial charge in [0.1, 0.15) is 12.1 Å². The van der Waals surface area contributed by atoms with E-state index in [1.54, 1.807) is 0 Å². The van der Waals surface area contributed by atoms with Crippen molar-refractivity contribution < 1.29 is 39.2 Å². The zero-order chi connectivity index (χ0) is 19.1. The van der Waals surface area contributed by atoms with Crippen LogP contribution in [0, 0.1) is 5.41 Å². The van der Waals surface area contributed by atoms with Crippen molar-refractivity contribution in [2.45, 2.75) is 31.7 Å². The van der Waals surface area contributed by atoms with Crippen LogP contribution in [0.25, 0.3) is 0 Å². The second-order valence-corrected chi connectivity index (χ2v) is 7.24. The number of thiol groups is 1. The van der Waals surface area contributed by atoms with Crippen LogP contribution >= 0.6 is 20.7 Å². The van der Waals surface area contributed by atoms with E-state index in [1.807, 2.05) is 5.32 Å². The Morgan fingerprint density at radius 1 is 1.29 bits per heavy atom. The number of nitrogens with one attached hydrogen (secondary N) is 2. The van der Waals surface area contributed by atoms with Crippen LogP contribution < -0.4 is 15.5 Å². The van der Waals surface area contributed by atoms with Crippen LogP contribution in [0.1, 0.15) is 13.8 Å². The summed E-state index contributed by atoms with van der Waals surface area (Å²) in [6, 6.07) is -1.38. The lowest BCUT2D eigenvalue weighted by Gasteiger charge is -2.27. The summed E-state index contributed by atoms with van der Waals surface area (Å²) in [5, 5.41) is 31.8. The Morgan fingerprint density at radius 2 is 1.83 bits per heavy atom. The average Bonchev–Trinajstić information content (AvgIpc) is 2.50. The highest BCUT2D eigenvalue weighted by molar-refractivity contribution is 7.80. The van der Waals surface area contributed by atoms with Gasteiger partial charge in [-0.15, -0.1) is 0 Å². The Labute approximate surface area is 144 Å². The summed E-state index contributed by atoms with van der Waals surface area (Å²) < 4.78 is 11.2. The van der Waals surface area contributed by atoms with Crippen LogP contribution in [0.4, 0.5) is 0 Å². The molecule has 0 saturated heterocycles. The van der Waals surface area contributed by atoms with E-state index in [0.29, 0.717) is 0 Å². The molecule has 0 aliphatic heterocycles. The van der Waals surface area contributed by atoms with Crippen molar-refractivity contribution in [1.29, 1.82) is 0 Å². The van der Waals surface area contributed by atoms with Crippen molar-refractivity contribution in [2.24, 2.45) is 5.41 Å². The Hall–Kier alpha value is -1.26. The number of hydrogen-bond acceptors (Lipinski definition) is 8. The molecule has 0 radical (unpaired) electrons. The lowest BCUT2D eigenvalue weighted by atomic mass is 9.87. The largest absolute Gasteiger partial charge is 0.595 e. The predicted octanol–water partition coefficient (Wildman–Crippen LogP) is -2.55. The van der Waals surface area contributed by atoms with E-state index in [4.69, 9.17) is 10.2 Å². The van der Waals surface area contributed by atoms with Gasteiger partial charge in [-0.05, 0) is 0 Å². The zero-order valence-electron chi connectivity index (χ0n) is 13.1. The van der Waals surface area contributed by atoms with Crippen LogP contribution in [0.5, 0.6) is 0 Å². The maximum Gasteiger partial charge on any atom is 0.327 e. The number of carbonyl (C=O) groups excluding carboxylic acids is 2. The van der Waals surface area contributed by atoms with Gasteiger partial charge in [-0.25, -0.2) is 4.79 Å². The topological polar surface area (TPSA) is 176 Å². The highest BCUT2D eigenvalue weighted by Gasteiger charge is 2.37. The number of aliphatic hydroxyl groups excluding tert-OH is 2. The van der Waals surface area contributed by atoms with Gasteiger partial charge in [-0.1, -0.05) is 18.4 Å². The van der Waals surface area contributed by atoms with Gasteiger partial charge >= 0.3 is 14.0 Å². The third kappa shape index (κ3) is 6.70. The lowest BCUT2D eigenvalue weighted by molar-refractivity contribution is -0.167. The molecule has 4 atom stereocenters. The van der Waals surface area contributed by atoms with E-state index < -0.39 is 62.2 Å². The molecule has 2 unspecified atom stereocenters. The number of aliphatic hydroxyl groups is 2. The number of carbonyl (C=O) groups is 3. The van der Waals surface area contributed by atoms with Gasteiger partial charge in [0.15, 0.2) is 0 Å². The molecule has 0 saturated carbocycles. The molecule has 0 rings (SSSR count). The first-order valence-corrected chi connectivity index (χ1v) is 8.70. The number of hydrogen-bond donors (Lipinski definition) is 6. The molecule has 5 N–H and O–H groups in total. The Bertz CT molecular complexity index is 501. The molecule has 12 heteroatoms. The Balaban J connectivity index is 4.87. The van der Waals surface area contributed by atoms with Crippen LogP contribution in [0.2, 0.25) is 0 Å². The quantitative estimate of drug-likeness (QED) is 0.176. The average molecular weight is 384 g/mol. The summed E-state index contributed by atoms with van der Waals surface area (Å²) in [4.78, 5) is 45.6. The molecule has 0 bridgehead atoms. The van der Waals surface area contributed by atoms with Gasteiger partial charge in [0.2, 0.25) is 11.6 Å². The number of carboxylic acids is 1. The van der Waals surface area contributed by atoms with Crippen LogP contribution in [0.15, 0.2) is 0 Å². The van der Waals surface area contributed by atoms with Crippen molar-refractivity contribution in [3.8, 4) is 0 Å². The normalized spacial score (nSPS) is 15.8. The van der Waals surface area contributed by atoms with Gasteiger partial charge < -0.3 is 30.8 Å². The third-order valence-electron chi connectivity index (χ3n) is 3.22. The first-order valence-electron chi connectivity index (χ1n) is 6.82. The highest BCUT2D eigenvalue weighted by Crippen LogP contribution is 2.21. The number of amides is 2. The Morgan fingerprint density at radius 3 is 2.21 bits per heavy atom. The van der Waals surface area contributed by atoms with E-state index in [9.17, 15) is 28.9 Å². The fraction of sp³-hybridized carbons (Fsp3) is 0.750. The third-order valence-corrected chi connectivity index (χ3v) is 4.51. The summed E-state index contributed by atoms with van der Waals surface area (Å²) in [7, 11) is -3.32. The molecular formula is C12H21N2O8PS.